The number of hydrogen-bond donors (Lipinski definition) is 7. The summed E-state index contributed by atoms with van der Waals surface area (Å²) >= 11 is 1.31. The minimum absolute atomic E-state index is 0.0110. The number of rotatable bonds is 53. The van der Waals surface area contributed by atoms with E-state index in [-0.39, 0.29) is 151 Å². The Morgan fingerprint density at radius 1 is 0.506 bits per heavy atom. The molecular weight excluding hydrogens is 1030 g/mol. The van der Waals surface area contributed by atoms with Crippen LogP contribution < -0.4 is 15.4 Å². The molecule has 0 spiro atoms. The number of carboxylic acids is 4. The van der Waals surface area contributed by atoms with Gasteiger partial charge in [-0.2, -0.15) is 11.8 Å². The minimum atomic E-state index is -1.23. The van der Waals surface area contributed by atoms with E-state index in [1.54, 1.807) is 19.1 Å². The van der Waals surface area contributed by atoms with Crippen molar-refractivity contribution >= 4 is 70.6 Å². The number of aliphatic hydroxyl groups is 1. The number of unbranched alkanes of at least 4 members (excludes halogenated alkanes) is 8. The van der Waals surface area contributed by atoms with Gasteiger partial charge in [-0.1, -0.05) is 51.9 Å². The van der Waals surface area contributed by atoms with Crippen molar-refractivity contribution in [1.29, 1.82) is 0 Å². The Morgan fingerprint density at radius 3 is 1.61 bits per heavy atom. The number of benzene rings is 1. The van der Waals surface area contributed by atoms with Crippen LogP contribution in [0.2, 0.25) is 0 Å². The normalized spacial score (nSPS) is 12.7. The summed E-state index contributed by atoms with van der Waals surface area (Å²) in [4.78, 5) is 119. The molecule has 0 saturated carbocycles. The number of amides is 2. The van der Waals surface area contributed by atoms with Gasteiger partial charge in [-0.15, -0.1) is 0 Å². The molecule has 0 radical (unpaired) electrons. The van der Waals surface area contributed by atoms with E-state index in [9.17, 15) is 63.3 Å². The predicted octanol–water partition coefficient (Wildman–Crippen LogP) is 5.21. The van der Waals surface area contributed by atoms with Gasteiger partial charge in [-0.05, 0) is 62.8 Å². The number of ketones is 4. The van der Waals surface area contributed by atoms with Gasteiger partial charge in [0.1, 0.15) is 36.3 Å². The first-order valence-electron chi connectivity index (χ1n) is 26.7. The smallest absolute Gasteiger partial charge is 0.335 e. The van der Waals surface area contributed by atoms with Crippen LogP contribution in [-0.4, -0.2) is 175 Å². The Hall–Kier alpha value is -5.33. The molecule has 0 fully saturated rings. The van der Waals surface area contributed by atoms with Crippen molar-refractivity contribution in [3.63, 3.8) is 0 Å². The fraction of sp³-hybridized carbons (Fsp3) is 0.704. The van der Waals surface area contributed by atoms with Gasteiger partial charge in [0.2, 0.25) is 11.8 Å². The molecule has 1 unspecified atom stereocenters. The van der Waals surface area contributed by atoms with E-state index in [4.69, 9.17) is 33.9 Å². The largest absolute Gasteiger partial charge is 0.494 e. The number of carboxylic acid groups (broad SMARTS) is 4. The Morgan fingerprint density at radius 2 is 1.03 bits per heavy atom. The molecule has 1 rings (SSSR count). The van der Waals surface area contributed by atoms with E-state index in [2.05, 4.69) is 10.6 Å². The molecule has 436 valence electrons. The molecule has 0 aliphatic carbocycles. The average Bonchev–Trinajstić information content (AvgIpc) is 3.39. The van der Waals surface area contributed by atoms with Crippen molar-refractivity contribution in [2.75, 3.05) is 90.7 Å². The Balaban J connectivity index is 2.01. The van der Waals surface area contributed by atoms with E-state index < -0.39 is 54.2 Å². The molecule has 0 aromatic heterocycles. The number of aliphatic hydroxyl groups excluding tert-OH is 1. The van der Waals surface area contributed by atoms with Crippen LogP contribution in [0.15, 0.2) is 24.3 Å². The van der Waals surface area contributed by atoms with Crippen LogP contribution in [0, 0.1) is 23.7 Å². The lowest BCUT2D eigenvalue weighted by Gasteiger charge is -2.15. The Bertz CT molecular complexity index is 1920. The maximum absolute atomic E-state index is 12.5. The van der Waals surface area contributed by atoms with E-state index in [0.29, 0.717) is 63.1 Å². The van der Waals surface area contributed by atoms with Crippen molar-refractivity contribution in [2.45, 2.75) is 129 Å². The second-order valence-corrected chi connectivity index (χ2v) is 19.7. The molecule has 77 heavy (non-hydrogen) atoms. The summed E-state index contributed by atoms with van der Waals surface area (Å²) in [5, 5.41) is 51.7. The number of nitrogens with one attached hydrogen (secondary N) is 2. The van der Waals surface area contributed by atoms with Gasteiger partial charge in [0.15, 0.2) is 5.78 Å². The predicted molar refractivity (Wildman–Crippen MR) is 283 cm³/mol. The van der Waals surface area contributed by atoms with Gasteiger partial charge in [0.05, 0.1) is 81.9 Å². The number of hydrogen-bond acceptors (Lipinski definition) is 17. The fourth-order valence-corrected chi connectivity index (χ4v) is 8.84. The van der Waals surface area contributed by atoms with Gasteiger partial charge in [0.25, 0.3) is 0 Å². The minimum Gasteiger partial charge on any atom is -0.494 e. The molecule has 23 heteroatoms. The summed E-state index contributed by atoms with van der Waals surface area (Å²) in [6, 6.07) is 6.28. The molecule has 2 amide bonds. The van der Waals surface area contributed by atoms with Crippen molar-refractivity contribution in [1.82, 2.24) is 10.6 Å². The van der Waals surface area contributed by atoms with Crippen molar-refractivity contribution in [3.8, 4) is 5.75 Å². The van der Waals surface area contributed by atoms with E-state index in [0.717, 1.165) is 38.5 Å². The Labute approximate surface area is 455 Å². The third kappa shape index (κ3) is 37.2. The number of carbonyl (C=O) groups is 10. The summed E-state index contributed by atoms with van der Waals surface area (Å²) in [6.45, 7) is 2.44. The quantitative estimate of drug-likeness (QED) is 0.0411. The highest BCUT2D eigenvalue weighted by Crippen LogP contribution is 2.21. The third-order valence-electron chi connectivity index (χ3n) is 12.3. The van der Waals surface area contributed by atoms with Crippen LogP contribution in [0.25, 0.3) is 0 Å². The van der Waals surface area contributed by atoms with Crippen LogP contribution in [0.4, 0.5) is 0 Å². The average molecular weight is 1110 g/mol. The zero-order chi connectivity index (χ0) is 57.1. The van der Waals surface area contributed by atoms with E-state index in [1.165, 1.54) is 23.9 Å². The molecule has 0 heterocycles. The SMILES string of the molecule is CC[C@@H](CSCC(=O)CCCCCC(CC(=O)COCCOCCNC(=O)COCCOCCNC(=O)CC[C@@H](CC(=O)CCCCCCCCCOc1ccc(C(=O)O)cc1)C(=O)O)C(=O)O)C(=O)C[C@@H](CO)C(=O)O. The molecule has 7 N–H and O–H groups in total. The maximum Gasteiger partial charge on any atom is 0.335 e. The second-order valence-electron chi connectivity index (χ2n) is 18.7. The van der Waals surface area contributed by atoms with Crippen molar-refractivity contribution in [2.24, 2.45) is 23.7 Å². The van der Waals surface area contributed by atoms with Gasteiger partial charge in [-0.3, -0.25) is 43.2 Å². The highest BCUT2D eigenvalue weighted by Gasteiger charge is 2.26. The fourth-order valence-electron chi connectivity index (χ4n) is 7.64. The van der Waals surface area contributed by atoms with E-state index in [1.807, 2.05) is 0 Å². The van der Waals surface area contributed by atoms with Gasteiger partial charge < -0.3 is 59.9 Å². The number of thioether (sulfide) groups is 1. The first kappa shape index (κ1) is 69.7. The zero-order valence-electron chi connectivity index (χ0n) is 44.7. The van der Waals surface area contributed by atoms with Gasteiger partial charge >= 0.3 is 23.9 Å². The summed E-state index contributed by atoms with van der Waals surface area (Å²) in [7, 11) is 0. The molecule has 0 aliphatic heterocycles. The van der Waals surface area contributed by atoms with Gasteiger partial charge in [0, 0.05) is 63.3 Å². The highest BCUT2D eigenvalue weighted by atomic mass is 32.2. The number of aliphatic carboxylic acids is 3. The van der Waals surface area contributed by atoms with Crippen molar-refractivity contribution < 1.29 is 97.2 Å². The van der Waals surface area contributed by atoms with Crippen LogP contribution in [-0.2, 0) is 62.1 Å². The molecule has 1 aromatic carbocycles. The van der Waals surface area contributed by atoms with Crippen LogP contribution in [0.5, 0.6) is 5.75 Å². The molecule has 0 saturated heterocycles. The topological polar surface area (TPSA) is 342 Å². The molecule has 1 aromatic rings. The molecular formula is C54H84N2O20S. The number of aromatic carboxylic acids is 1. The Kier molecular flexibility index (Phi) is 40.4. The maximum atomic E-state index is 12.5. The lowest BCUT2D eigenvalue weighted by Crippen LogP contribution is -2.31. The number of ether oxygens (including phenoxy) is 5. The van der Waals surface area contributed by atoms with Crippen molar-refractivity contribution in [3.05, 3.63) is 29.8 Å². The number of carbonyl (C=O) groups excluding carboxylic acids is 6. The summed E-state index contributed by atoms with van der Waals surface area (Å²) in [6.07, 6.45) is 8.83. The van der Waals surface area contributed by atoms with Crippen LogP contribution >= 0.6 is 11.8 Å². The lowest BCUT2D eigenvalue weighted by molar-refractivity contribution is -0.145. The zero-order valence-corrected chi connectivity index (χ0v) is 45.5. The van der Waals surface area contributed by atoms with Gasteiger partial charge in [-0.25, -0.2) is 4.79 Å². The standard InChI is InChI=1S/C54H84N2O20S/c1-2-39(48(61)33-43(34-57)54(70)71)37-77-38-45(59)15-11-8-9-13-41(52(66)67)32-46(60)35-74-29-27-73-26-23-56-50(63)36-75-30-28-72-25-22-55-49(62)21-18-42(53(68)69)31-44(58)14-10-6-4-3-5-7-12-24-76-47-19-16-40(17-20-47)51(64)65/h16-17,19-20,39,41-43,57H,2-15,18,21-38H2,1H3,(H,55,62)(H,56,63)(H,64,65)(H,66,67)(H,68,69)(H,70,71)/t39-,41?,42-,43-/m0/s1. The first-order valence-corrected chi connectivity index (χ1v) is 27.9. The summed E-state index contributed by atoms with van der Waals surface area (Å²) < 4.78 is 27.0. The molecule has 0 aliphatic rings. The van der Waals surface area contributed by atoms with Crippen LogP contribution in [0.3, 0.4) is 0 Å². The lowest BCUT2D eigenvalue weighted by atomic mass is 9.94. The molecule has 0 bridgehead atoms. The first-order chi connectivity index (χ1) is 37.0. The second kappa shape index (κ2) is 44.6. The third-order valence-corrected chi connectivity index (χ3v) is 13.4. The number of Topliss-reactive ketones (excluding diaryl/α,β-unsaturated/α-hetero) is 4. The highest BCUT2D eigenvalue weighted by molar-refractivity contribution is 7.99. The monoisotopic (exact) mass is 1110 g/mol. The summed E-state index contributed by atoms with van der Waals surface area (Å²) in [5.74, 6) is -8.10. The van der Waals surface area contributed by atoms with Crippen LogP contribution in [0.1, 0.15) is 139 Å². The van der Waals surface area contributed by atoms with E-state index >= 15 is 0 Å². The molecule has 22 nitrogen and oxygen atoms in total. The summed E-state index contributed by atoms with van der Waals surface area (Å²) in [5.41, 5.74) is 0.208. The molecule has 4 atom stereocenters.